The van der Waals surface area contributed by atoms with Crippen LogP contribution in [0.2, 0.25) is 0 Å². The maximum atomic E-state index is 12.2. The zero-order valence-corrected chi connectivity index (χ0v) is 15.6. The van der Waals surface area contributed by atoms with Crippen LogP contribution in [-0.2, 0) is 0 Å². The van der Waals surface area contributed by atoms with Gasteiger partial charge < -0.3 is 9.64 Å². The number of carbonyl (C=O) groups excluding carboxylic acids is 1. The van der Waals surface area contributed by atoms with Gasteiger partial charge in [0.2, 0.25) is 0 Å². The zero-order valence-electron chi connectivity index (χ0n) is 13.2. The zero-order chi connectivity index (χ0) is 16.9. The van der Waals surface area contributed by atoms with Crippen LogP contribution in [0.4, 0.5) is 0 Å². The Kier molecular flexibility index (Phi) is 5.63. The lowest BCUT2D eigenvalue weighted by Gasteiger charge is -2.29. The molecule has 1 heterocycles. The Morgan fingerprint density at radius 2 is 1.71 bits per heavy atom. The second-order valence-corrected chi connectivity index (χ2v) is 7.08. The van der Waals surface area contributed by atoms with Gasteiger partial charge in [0.1, 0.15) is 10.7 Å². The Morgan fingerprint density at radius 3 is 2.42 bits per heavy atom. The molecule has 1 fully saturated rings. The monoisotopic (exact) mass is 403 g/mol. The summed E-state index contributed by atoms with van der Waals surface area (Å²) in [6.07, 6.45) is 3.63. The van der Waals surface area contributed by atoms with Crippen molar-refractivity contribution in [3.8, 4) is 5.75 Å². The van der Waals surface area contributed by atoms with Crippen LogP contribution < -0.4 is 4.74 Å². The van der Waals surface area contributed by atoms with Gasteiger partial charge in [-0.25, -0.2) is 4.79 Å². The Labute approximate surface area is 155 Å². The predicted octanol–water partition coefficient (Wildman–Crippen LogP) is 4.83. The Hall–Kier alpha value is -1.72. The summed E-state index contributed by atoms with van der Waals surface area (Å²) in [5.41, 5.74) is 1.44. The van der Waals surface area contributed by atoms with Crippen molar-refractivity contribution in [3.63, 3.8) is 0 Å². The molecule has 3 nitrogen and oxygen atoms in total. The number of nitrogens with zero attached hydrogens (tertiary/aromatic N) is 1. The second-order valence-electron chi connectivity index (χ2n) is 5.78. The quantitative estimate of drug-likeness (QED) is 0.417. The molecule has 0 bridgehead atoms. The molecular formula is C19H18BrNO2S. The second kappa shape index (κ2) is 7.90. The molecule has 1 aliphatic heterocycles. The topological polar surface area (TPSA) is 29.5 Å². The number of hydrogen-bond acceptors (Lipinski definition) is 3. The molecule has 0 atom stereocenters. The first-order valence-corrected chi connectivity index (χ1v) is 9.21. The molecule has 5 heteroatoms. The Morgan fingerprint density at radius 1 is 1.00 bits per heavy atom. The summed E-state index contributed by atoms with van der Waals surface area (Å²) in [5.74, 6) is 0.142. The fourth-order valence-electron chi connectivity index (χ4n) is 2.72. The first-order chi connectivity index (χ1) is 11.6. The lowest BCUT2D eigenvalue weighted by atomic mass is 10.1. The molecule has 0 aromatic heterocycles. The lowest BCUT2D eigenvalue weighted by molar-refractivity contribution is 0.0734. The van der Waals surface area contributed by atoms with Gasteiger partial charge in [-0.3, -0.25) is 0 Å². The van der Waals surface area contributed by atoms with Crippen molar-refractivity contribution in [1.82, 2.24) is 4.90 Å². The van der Waals surface area contributed by atoms with Crippen LogP contribution in [0.1, 0.15) is 35.2 Å². The highest BCUT2D eigenvalue weighted by molar-refractivity contribution is 9.10. The van der Waals surface area contributed by atoms with Crippen LogP contribution in [-0.4, -0.2) is 28.9 Å². The molecular weight excluding hydrogens is 386 g/mol. The molecule has 0 amide bonds. The average molecular weight is 404 g/mol. The predicted molar refractivity (Wildman–Crippen MR) is 103 cm³/mol. The minimum absolute atomic E-state index is 0.372. The van der Waals surface area contributed by atoms with E-state index in [9.17, 15) is 4.79 Å². The standard InChI is InChI=1S/C19H18BrNO2S/c20-16-9-7-14(8-10-16)19(22)23-17-6-4-5-15(13-17)18(24)21-11-2-1-3-12-21/h4-10,13H,1-3,11-12H2. The number of piperidine rings is 1. The summed E-state index contributed by atoms with van der Waals surface area (Å²) in [4.78, 5) is 15.3. The Bertz CT molecular complexity index is 739. The molecule has 0 radical (unpaired) electrons. The summed E-state index contributed by atoms with van der Waals surface area (Å²) >= 11 is 8.96. The molecule has 2 aromatic carbocycles. The van der Waals surface area contributed by atoms with E-state index >= 15 is 0 Å². The van der Waals surface area contributed by atoms with Gasteiger partial charge in [-0.15, -0.1) is 0 Å². The molecule has 0 N–H and O–H groups in total. The lowest BCUT2D eigenvalue weighted by Crippen LogP contribution is -2.34. The maximum Gasteiger partial charge on any atom is 0.343 e. The summed E-state index contributed by atoms with van der Waals surface area (Å²) in [6, 6.07) is 14.6. The molecule has 0 unspecified atom stereocenters. The number of benzene rings is 2. The number of rotatable bonds is 3. The van der Waals surface area contributed by atoms with Crippen molar-refractivity contribution in [2.45, 2.75) is 19.3 Å². The van der Waals surface area contributed by atoms with E-state index in [2.05, 4.69) is 20.8 Å². The molecule has 2 aromatic rings. The summed E-state index contributed by atoms with van der Waals surface area (Å²) < 4.78 is 6.41. The van der Waals surface area contributed by atoms with Crippen LogP contribution in [0.15, 0.2) is 53.0 Å². The molecule has 124 valence electrons. The van der Waals surface area contributed by atoms with Crippen molar-refractivity contribution < 1.29 is 9.53 Å². The molecule has 3 rings (SSSR count). The van der Waals surface area contributed by atoms with Gasteiger partial charge in [0.25, 0.3) is 0 Å². The molecule has 1 aliphatic rings. The number of hydrogen-bond donors (Lipinski definition) is 0. The van der Waals surface area contributed by atoms with Gasteiger partial charge in [-0.2, -0.15) is 0 Å². The smallest absolute Gasteiger partial charge is 0.343 e. The number of ether oxygens (including phenoxy) is 1. The van der Waals surface area contributed by atoms with E-state index in [0.29, 0.717) is 11.3 Å². The van der Waals surface area contributed by atoms with Crippen molar-refractivity contribution in [3.05, 3.63) is 64.1 Å². The van der Waals surface area contributed by atoms with Crippen LogP contribution in [0, 0.1) is 0 Å². The van der Waals surface area contributed by atoms with E-state index in [-0.39, 0.29) is 5.97 Å². The number of esters is 1. The number of likely N-dealkylation sites (tertiary alicyclic amines) is 1. The van der Waals surface area contributed by atoms with Gasteiger partial charge in [-0.1, -0.05) is 40.3 Å². The fraction of sp³-hybridized carbons (Fsp3) is 0.263. The number of carbonyl (C=O) groups is 1. The summed E-state index contributed by atoms with van der Waals surface area (Å²) in [7, 11) is 0. The summed E-state index contributed by atoms with van der Waals surface area (Å²) in [6.45, 7) is 2.00. The minimum atomic E-state index is -0.372. The SMILES string of the molecule is O=C(Oc1cccc(C(=S)N2CCCCC2)c1)c1ccc(Br)cc1. The normalized spacial score (nSPS) is 14.3. The van der Waals surface area contributed by atoms with E-state index < -0.39 is 0 Å². The van der Waals surface area contributed by atoms with Gasteiger partial charge in [0.15, 0.2) is 0 Å². The number of thiocarbonyl (C=S) groups is 1. The maximum absolute atomic E-state index is 12.2. The van der Waals surface area contributed by atoms with Gasteiger partial charge in [0, 0.05) is 23.1 Å². The van der Waals surface area contributed by atoms with E-state index in [1.54, 1.807) is 18.2 Å². The highest BCUT2D eigenvalue weighted by Gasteiger charge is 2.16. The molecule has 0 spiro atoms. The van der Waals surface area contributed by atoms with Crippen LogP contribution in [0.3, 0.4) is 0 Å². The highest BCUT2D eigenvalue weighted by Crippen LogP contribution is 2.20. The third kappa shape index (κ3) is 4.22. The van der Waals surface area contributed by atoms with Crippen molar-refractivity contribution >= 4 is 39.1 Å². The van der Waals surface area contributed by atoms with E-state index in [4.69, 9.17) is 17.0 Å². The van der Waals surface area contributed by atoms with E-state index in [0.717, 1.165) is 28.1 Å². The van der Waals surface area contributed by atoms with Gasteiger partial charge in [0.05, 0.1) is 5.56 Å². The van der Waals surface area contributed by atoms with E-state index in [1.807, 2.05) is 30.3 Å². The van der Waals surface area contributed by atoms with Gasteiger partial charge in [-0.05, 0) is 55.7 Å². The van der Waals surface area contributed by atoms with E-state index in [1.165, 1.54) is 19.3 Å². The molecule has 24 heavy (non-hydrogen) atoms. The highest BCUT2D eigenvalue weighted by atomic mass is 79.9. The van der Waals surface area contributed by atoms with Crippen LogP contribution in [0.5, 0.6) is 5.75 Å². The fourth-order valence-corrected chi connectivity index (χ4v) is 3.30. The minimum Gasteiger partial charge on any atom is -0.423 e. The van der Waals surface area contributed by atoms with Crippen molar-refractivity contribution in [1.29, 1.82) is 0 Å². The van der Waals surface area contributed by atoms with Gasteiger partial charge >= 0.3 is 5.97 Å². The molecule has 1 saturated heterocycles. The van der Waals surface area contributed by atoms with Crippen LogP contribution >= 0.6 is 28.1 Å². The Balaban J connectivity index is 1.71. The van der Waals surface area contributed by atoms with Crippen molar-refractivity contribution in [2.75, 3.05) is 13.1 Å². The largest absolute Gasteiger partial charge is 0.423 e. The van der Waals surface area contributed by atoms with Crippen molar-refractivity contribution in [2.24, 2.45) is 0 Å². The van der Waals surface area contributed by atoms with Crippen LogP contribution in [0.25, 0.3) is 0 Å². The third-order valence-corrected chi connectivity index (χ3v) is 5.04. The average Bonchev–Trinajstić information content (AvgIpc) is 2.62. The first kappa shape index (κ1) is 17.1. The third-order valence-electron chi connectivity index (χ3n) is 4.01. The first-order valence-electron chi connectivity index (χ1n) is 8.00. The number of halogens is 1. The summed E-state index contributed by atoms with van der Waals surface area (Å²) in [5, 5.41) is 0. The molecule has 0 saturated carbocycles. The molecule has 0 aliphatic carbocycles.